The van der Waals surface area contributed by atoms with E-state index < -0.39 is 25.3 Å². The number of aromatic nitrogens is 1. The summed E-state index contributed by atoms with van der Waals surface area (Å²) in [6.07, 6.45) is 4.16. The molecule has 0 atom stereocenters. The molecule has 0 spiro atoms. The minimum atomic E-state index is -3.51. The van der Waals surface area contributed by atoms with Crippen molar-refractivity contribution in [2.24, 2.45) is 5.92 Å². The van der Waals surface area contributed by atoms with Crippen LogP contribution in [0.25, 0.3) is 0 Å². The van der Waals surface area contributed by atoms with Gasteiger partial charge in [-0.1, -0.05) is 0 Å². The lowest BCUT2D eigenvalue weighted by atomic mass is 9.99. The summed E-state index contributed by atoms with van der Waals surface area (Å²) in [6.45, 7) is 4.41. The number of nitrogens with zero attached hydrogens (tertiary/aromatic N) is 2. The van der Waals surface area contributed by atoms with Gasteiger partial charge in [0.2, 0.25) is 20.0 Å². The van der Waals surface area contributed by atoms with E-state index in [2.05, 4.69) is 9.71 Å². The van der Waals surface area contributed by atoms with Crippen LogP contribution < -0.4 is 4.72 Å². The van der Waals surface area contributed by atoms with Crippen molar-refractivity contribution in [2.75, 3.05) is 19.6 Å². The van der Waals surface area contributed by atoms with E-state index in [-0.39, 0.29) is 10.8 Å². The summed E-state index contributed by atoms with van der Waals surface area (Å²) in [5.41, 5.74) is 0. The second-order valence-corrected chi connectivity index (χ2v) is 10.2. The van der Waals surface area contributed by atoms with Gasteiger partial charge in [-0.2, -0.15) is 4.31 Å². The Morgan fingerprint density at radius 3 is 2.43 bits per heavy atom. The predicted molar refractivity (Wildman–Crippen MR) is 87.8 cm³/mol. The van der Waals surface area contributed by atoms with Crippen molar-refractivity contribution in [1.29, 1.82) is 0 Å². The first-order chi connectivity index (χ1) is 10.7. The van der Waals surface area contributed by atoms with Crippen LogP contribution in [-0.4, -0.2) is 51.0 Å². The number of nitrogens with one attached hydrogen (secondary N) is 1. The lowest BCUT2D eigenvalue weighted by molar-refractivity contribution is 0.274. The van der Waals surface area contributed by atoms with Crippen LogP contribution in [-0.2, 0) is 20.0 Å². The summed E-state index contributed by atoms with van der Waals surface area (Å²) in [4.78, 5) is 4.04. The van der Waals surface area contributed by atoms with Crippen LogP contribution in [0.2, 0.25) is 0 Å². The Morgan fingerprint density at radius 1 is 1.26 bits per heavy atom. The smallest absolute Gasteiger partial charge is 0.244 e. The first-order valence-electron chi connectivity index (χ1n) is 7.62. The van der Waals surface area contributed by atoms with Gasteiger partial charge in [0.05, 0.1) is 5.25 Å². The Bertz CT molecular complexity index is 710. The van der Waals surface area contributed by atoms with E-state index in [4.69, 9.17) is 0 Å². The normalized spacial score (nSPS) is 18.4. The van der Waals surface area contributed by atoms with Crippen molar-refractivity contribution < 1.29 is 16.8 Å². The highest BCUT2D eigenvalue weighted by atomic mass is 32.2. The maximum Gasteiger partial charge on any atom is 0.244 e. The van der Waals surface area contributed by atoms with Crippen LogP contribution in [0.5, 0.6) is 0 Å². The molecule has 2 rings (SSSR count). The van der Waals surface area contributed by atoms with E-state index in [1.807, 2.05) is 0 Å². The molecule has 7 nitrogen and oxygen atoms in total. The maximum atomic E-state index is 12.5. The predicted octanol–water partition coefficient (Wildman–Crippen LogP) is 0.810. The highest BCUT2D eigenvalue weighted by Gasteiger charge is 2.30. The molecule has 0 amide bonds. The largest absolute Gasteiger partial charge is 0.263 e. The number of hydrogen-bond acceptors (Lipinski definition) is 5. The van der Waals surface area contributed by atoms with Crippen LogP contribution in [0.4, 0.5) is 0 Å². The number of hydrogen-bond donors (Lipinski definition) is 1. The third kappa shape index (κ3) is 4.50. The third-order valence-corrected chi connectivity index (χ3v) is 7.73. The van der Waals surface area contributed by atoms with E-state index in [0.29, 0.717) is 32.5 Å². The van der Waals surface area contributed by atoms with Crippen LogP contribution in [0, 0.1) is 5.92 Å². The van der Waals surface area contributed by atoms with Crippen LogP contribution in [0.1, 0.15) is 26.7 Å². The van der Waals surface area contributed by atoms with E-state index in [0.717, 1.165) is 0 Å². The van der Waals surface area contributed by atoms with Gasteiger partial charge in [-0.25, -0.2) is 21.6 Å². The molecular weight excluding hydrogens is 338 g/mol. The molecular formula is C14H23N3O4S2. The zero-order valence-electron chi connectivity index (χ0n) is 13.3. The molecule has 0 radical (unpaired) electrons. The van der Waals surface area contributed by atoms with Crippen molar-refractivity contribution in [3.05, 3.63) is 24.5 Å². The summed E-state index contributed by atoms with van der Waals surface area (Å²) in [6, 6.07) is 3.13. The Hall–Kier alpha value is -1.03. The Labute approximate surface area is 138 Å². The van der Waals surface area contributed by atoms with E-state index >= 15 is 0 Å². The average Bonchev–Trinajstić information content (AvgIpc) is 2.54. The molecule has 130 valence electrons. The molecule has 1 aromatic heterocycles. The van der Waals surface area contributed by atoms with Gasteiger partial charge in [-0.3, -0.25) is 4.98 Å². The molecule has 9 heteroatoms. The molecule has 0 aromatic carbocycles. The molecule has 2 heterocycles. The van der Waals surface area contributed by atoms with E-state index in [1.165, 1.54) is 22.8 Å². The second kappa shape index (κ2) is 7.25. The SMILES string of the molecule is CC(C)S(=O)(=O)NCC1CCN(S(=O)(=O)c2cccnc2)CC1. The number of piperidine rings is 1. The van der Waals surface area contributed by atoms with Crippen LogP contribution in [0.3, 0.4) is 0 Å². The van der Waals surface area contributed by atoms with Gasteiger partial charge in [0.15, 0.2) is 0 Å². The van der Waals surface area contributed by atoms with Crippen molar-refractivity contribution >= 4 is 20.0 Å². The number of rotatable bonds is 6. The summed E-state index contributed by atoms with van der Waals surface area (Å²) in [7, 11) is -6.78. The summed E-state index contributed by atoms with van der Waals surface area (Å²) in [5.74, 6) is 0.156. The molecule has 0 bridgehead atoms. The molecule has 1 saturated heterocycles. The first kappa shape index (κ1) is 18.3. The van der Waals surface area contributed by atoms with Gasteiger partial charge >= 0.3 is 0 Å². The minimum Gasteiger partial charge on any atom is -0.263 e. The van der Waals surface area contributed by atoms with Gasteiger partial charge in [0.25, 0.3) is 0 Å². The summed E-state index contributed by atoms with van der Waals surface area (Å²) in [5, 5.41) is -0.464. The fourth-order valence-electron chi connectivity index (χ4n) is 2.40. The molecule has 0 unspecified atom stereocenters. The van der Waals surface area contributed by atoms with Crippen molar-refractivity contribution in [2.45, 2.75) is 36.8 Å². The molecule has 1 aliphatic heterocycles. The molecule has 23 heavy (non-hydrogen) atoms. The maximum absolute atomic E-state index is 12.5. The van der Waals surface area contributed by atoms with Crippen molar-refractivity contribution in [1.82, 2.24) is 14.0 Å². The minimum absolute atomic E-state index is 0.156. The Balaban J connectivity index is 1.92. The topological polar surface area (TPSA) is 96.4 Å². The zero-order valence-corrected chi connectivity index (χ0v) is 15.0. The molecule has 1 aliphatic rings. The third-order valence-electron chi connectivity index (χ3n) is 4.04. The van der Waals surface area contributed by atoms with Crippen LogP contribution in [0.15, 0.2) is 29.4 Å². The fraction of sp³-hybridized carbons (Fsp3) is 0.643. The average molecular weight is 361 g/mol. The van der Waals surface area contributed by atoms with Gasteiger partial charge in [0, 0.05) is 32.0 Å². The Morgan fingerprint density at radius 2 is 1.91 bits per heavy atom. The molecule has 0 aliphatic carbocycles. The highest BCUT2D eigenvalue weighted by Crippen LogP contribution is 2.23. The lowest BCUT2D eigenvalue weighted by Crippen LogP contribution is -2.42. The zero-order chi connectivity index (χ0) is 17.1. The monoisotopic (exact) mass is 361 g/mol. The molecule has 1 N–H and O–H groups in total. The first-order valence-corrected chi connectivity index (χ1v) is 10.6. The lowest BCUT2D eigenvalue weighted by Gasteiger charge is -2.31. The highest BCUT2D eigenvalue weighted by molar-refractivity contribution is 7.90. The number of sulfonamides is 2. The van der Waals surface area contributed by atoms with Crippen molar-refractivity contribution in [3.8, 4) is 0 Å². The van der Waals surface area contributed by atoms with Gasteiger partial charge in [0.1, 0.15) is 4.90 Å². The molecule has 0 saturated carbocycles. The second-order valence-electron chi connectivity index (χ2n) is 5.98. The number of pyridine rings is 1. The Kier molecular flexibility index (Phi) is 5.77. The quantitative estimate of drug-likeness (QED) is 0.809. The van der Waals surface area contributed by atoms with E-state index in [1.54, 1.807) is 19.9 Å². The van der Waals surface area contributed by atoms with Gasteiger partial charge in [-0.15, -0.1) is 0 Å². The van der Waals surface area contributed by atoms with Crippen molar-refractivity contribution in [3.63, 3.8) is 0 Å². The standard InChI is InChI=1S/C14H23N3O4S2/c1-12(2)22(18,19)16-10-13-5-8-17(9-6-13)23(20,21)14-4-3-7-15-11-14/h3-4,7,11-13,16H,5-6,8-10H2,1-2H3. The summed E-state index contributed by atoms with van der Waals surface area (Å²) < 4.78 is 52.5. The van der Waals surface area contributed by atoms with E-state index in [9.17, 15) is 16.8 Å². The molecule has 1 aromatic rings. The van der Waals surface area contributed by atoms with Crippen LogP contribution >= 0.6 is 0 Å². The fourth-order valence-corrected chi connectivity index (χ4v) is 4.64. The van der Waals surface area contributed by atoms with Gasteiger partial charge < -0.3 is 0 Å². The summed E-state index contributed by atoms with van der Waals surface area (Å²) >= 11 is 0. The van der Waals surface area contributed by atoms with Gasteiger partial charge in [-0.05, 0) is 44.7 Å². The molecule has 1 fully saturated rings.